The van der Waals surface area contributed by atoms with Crippen molar-refractivity contribution in [2.45, 2.75) is 43.6 Å². The third-order valence-corrected chi connectivity index (χ3v) is 13.0. The topological polar surface area (TPSA) is 0 Å². The molecule has 0 aliphatic rings. The Hall–Kier alpha value is -3.98. The van der Waals surface area contributed by atoms with Crippen molar-refractivity contribution in [3.8, 4) is 22.3 Å². The van der Waals surface area contributed by atoms with Gasteiger partial charge in [-0.1, -0.05) is 129 Å². The van der Waals surface area contributed by atoms with Crippen molar-refractivity contribution in [2.75, 3.05) is 0 Å². The van der Waals surface area contributed by atoms with Crippen molar-refractivity contribution in [2.24, 2.45) is 0 Å². The Morgan fingerprint density at radius 1 is 0.390 bits per heavy atom. The highest BCUT2D eigenvalue weighted by Gasteiger charge is 2.34. The quantitative estimate of drug-likeness (QED) is 0.177. The smallest absolute Gasteiger partial charge is 0.0123 e. The van der Waals surface area contributed by atoms with Crippen LogP contribution in [0.1, 0.15) is 13.8 Å². The van der Waals surface area contributed by atoms with Gasteiger partial charge in [0.1, 0.15) is 0 Å². The van der Waals surface area contributed by atoms with Gasteiger partial charge in [0.05, 0.1) is 0 Å². The predicted octanol–water partition coefficient (Wildman–Crippen LogP) is 11.9. The lowest BCUT2D eigenvalue weighted by Crippen LogP contribution is -2.14. The van der Waals surface area contributed by atoms with Crippen molar-refractivity contribution in [1.82, 2.24) is 0 Å². The standard InChI is InChI=1S/C39H34S2/c1-30(2)41(37-18-10-5-11-19-37,39-20-12-17-34(29-39)32-15-8-4-9-16-32)38-27-25-36(26-28-38)40-35-23-21-33(22-24-35)31-13-6-3-7-14-31/h3-30H,1-2H3. The van der Waals surface area contributed by atoms with Crippen molar-refractivity contribution < 1.29 is 0 Å². The molecule has 0 aromatic heterocycles. The lowest BCUT2D eigenvalue weighted by Gasteiger charge is -2.45. The molecule has 0 saturated heterocycles. The molecule has 2 heteroatoms. The van der Waals surface area contributed by atoms with E-state index < -0.39 is 10.0 Å². The van der Waals surface area contributed by atoms with Crippen molar-refractivity contribution in [1.29, 1.82) is 0 Å². The number of rotatable bonds is 8. The van der Waals surface area contributed by atoms with Gasteiger partial charge in [0.25, 0.3) is 0 Å². The molecule has 0 aliphatic carbocycles. The maximum absolute atomic E-state index is 2.43. The van der Waals surface area contributed by atoms with Gasteiger partial charge in [0.15, 0.2) is 0 Å². The van der Waals surface area contributed by atoms with Crippen LogP contribution in [0, 0.1) is 0 Å². The normalized spacial score (nSPS) is 13.4. The Morgan fingerprint density at radius 3 is 1.37 bits per heavy atom. The minimum absolute atomic E-state index is 0.417. The first-order chi connectivity index (χ1) is 20.1. The zero-order valence-electron chi connectivity index (χ0n) is 23.5. The molecule has 6 rings (SSSR count). The second-order valence-corrected chi connectivity index (χ2v) is 15.2. The molecule has 0 radical (unpaired) electrons. The summed E-state index contributed by atoms with van der Waals surface area (Å²) in [5, 5.41) is 0.417. The van der Waals surface area contributed by atoms with E-state index in [1.54, 1.807) is 0 Å². The first-order valence-electron chi connectivity index (χ1n) is 14.1. The number of benzene rings is 6. The van der Waals surface area contributed by atoms with E-state index in [1.807, 2.05) is 11.8 Å². The predicted molar refractivity (Wildman–Crippen MR) is 178 cm³/mol. The van der Waals surface area contributed by atoms with Crippen LogP contribution in [0.2, 0.25) is 0 Å². The van der Waals surface area contributed by atoms with E-state index in [1.165, 1.54) is 46.7 Å². The average Bonchev–Trinajstić information content (AvgIpc) is 3.04. The Labute approximate surface area is 250 Å². The van der Waals surface area contributed by atoms with Crippen LogP contribution in [-0.2, 0) is 0 Å². The molecule has 0 aliphatic heterocycles. The molecule has 6 aromatic rings. The number of hydrogen-bond acceptors (Lipinski definition) is 1. The highest BCUT2D eigenvalue weighted by atomic mass is 32.3. The first kappa shape index (κ1) is 27.2. The Bertz CT molecular complexity index is 1690. The van der Waals surface area contributed by atoms with Gasteiger partial charge < -0.3 is 0 Å². The van der Waals surface area contributed by atoms with Gasteiger partial charge in [-0.3, -0.25) is 0 Å². The summed E-state index contributed by atoms with van der Waals surface area (Å²) in [6.07, 6.45) is 0. The fourth-order valence-electron chi connectivity index (χ4n) is 5.57. The lowest BCUT2D eigenvalue weighted by molar-refractivity contribution is 1.05. The summed E-state index contributed by atoms with van der Waals surface area (Å²) in [4.78, 5) is 6.70. The lowest BCUT2D eigenvalue weighted by atomic mass is 10.1. The van der Waals surface area contributed by atoms with Gasteiger partial charge in [-0.05, 0) is 103 Å². The summed E-state index contributed by atoms with van der Waals surface area (Å²) in [7, 11) is -1.51. The zero-order valence-corrected chi connectivity index (χ0v) is 25.1. The molecule has 0 heterocycles. The molecular weight excluding hydrogens is 533 g/mol. The monoisotopic (exact) mass is 566 g/mol. The largest absolute Gasteiger partial charge is 0.158 e. The van der Waals surface area contributed by atoms with Gasteiger partial charge in [-0.15, -0.1) is 0 Å². The SMILES string of the molecule is CC(C)S(c1ccccc1)(c1ccc(Sc2ccc(-c3ccccc3)cc2)cc1)c1cccc(-c2ccccc2)c1. The summed E-state index contributed by atoms with van der Waals surface area (Å²) in [6.45, 7) is 4.77. The highest BCUT2D eigenvalue weighted by Crippen LogP contribution is 2.71. The van der Waals surface area contributed by atoms with E-state index in [-0.39, 0.29) is 0 Å². The molecule has 0 spiro atoms. The molecule has 0 nitrogen and oxygen atoms in total. The van der Waals surface area contributed by atoms with E-state index in [0.29, 0.717) is 5.25 Å². The average molecular weight is 567 g/mol. The minimum Gasteiger partial charge on any atom is -0.158 e. The van der Waals surface area contributed by atoms with E-state index in [2.05, 4.69) is 178 Å². The van der Waals surface area contributed by atoms with Crippen LogP contribution in [0.25, 0.3) is 22.3 Å². The van der Waals surface area contributed by atoms with Crippen LogP contribution >= 0.6 is 21.8 Å². The van der Waals surface area contributed by atoms with Crippen LogP contribution in [0.5, 0.6) is 0 Å². The summed E-state index contributed by atoms with van der Waals surface area (Å²) in [5.74, 6) is 0. The molecule has 0 saturated carbocycles. The van der Waals surface area contributed by atoms with E-state index in [0.717, 1.165) is 0 Å². The van der Waals surface area contributed by atoms with E-state index >= 15 is 0 Å². The van der Waals surface area contributed by atoms with E-state index in [9.17, 15) is 0 Å². The molecule has 1 unspecified atom stereocenters. The van der Waals surface area contributed by atoms with Crippen LogP contribution in [0.15, 0.2) is 188 Å². The minimum atomic E-state index is -1.51. The molecule has 0 amide bonds. The summed E-state index contributed by atoms with van der Waals surface area (Å²) >= 11 is 1.82. The second kappa shape index (κ2) is 12.3. The molecule has 0 N–H and O–H groups in total. The molecule has 41 heavy (non-hydrogen) atoms. The molecule has 202 valence electrons. The van der Waals surface area contributed by atoms with E-state index in [4.69, 9.17) is 0 Å². The third kappa shape index (κ3) is 5.63. The molecule has 6 aromatic carbocycles. The van der Waals surface area contributed by atoms with Crippen molar-refractivity contribution in [3.05, 3.63) is 164 Å². The summed E-state index contributed by atoms with van der Waals surface area (Å²) < 4.78 is 0. The summed E-state index contributed by atoms with van der Waals surface area (Å²) in [5.41, 5.74) is 5.02. The van der Waals surface area contributed by atoms with Gasteiger partial charge in [0, 0.05) is 9.79 Å². The fraction of sp³-hybridized carbons (Fsp3) is 0.0769. The summed E-state index contributed by atoms with van der Waals surface area (Å²) in [6, 6.07) is 59.9. The molecule has 1 atom stereocenters. The van der Waals surface area contributed by atoms with Crippen LogP contribution in [-0.4, -0.2) is 5.25 Å². The zero-order chi connectivity index (χ0) is 28.1. The third-order valence-electron chi connectivity index (χ3n) is 7.53. The fourth-order valence-corrected chi connectivity index (χ4v) is 10.6. The van der Waals surface area contributed by atoms with Crippen molar-refractivity contribution in [3.63, 3.8) is 0 Å². The second-order valence-electron chi connectivity index (χ2n) is 10.4. The van der Waals surface area contributed by atoms with Crippen LogP contribution in [0.4, 0.5) is 0 Å². The van der Waals surface area contributed by atoms with Gasteiger partial charge in [-0.2, -0.15) is 10.0 Å². The molecule has 0 bridgehead atoms. The highest BCUT2D eigenvalue weighted by molar-refractivity contribution is 8.34. The van der Waals surface area contributed by atoms with Gasteiger partial charge >= 0.3 is 0 Å². The molecule has 0 fully saturated rings. The number of hydrogen-bond donors (Lipinski definition) is 0. The molecular formula is C39H34S2. The maximum Gasteiger partial charge on any atom is 0.0123 e. The van der Waals surface area contributed by atoms with Crippen LogP contribution in [0.3, 0.4) is 0 Å². The van der Waals surface area contributed by atoms with Gasteiger partial charge in [-0.25, -0.2) is 0 Å². The van der Waals surface area contributed by atoms with Gasteiger partial charge in [0.2, 0.25) is 0 Å². The van der Waals surface area contributed by atoms with Crippen molar-refractivity contribution >= 4 is 21.8 Å². The maximum atomic E-state index is 2.43. The van der Waals surface area contributed by atoms with Crippen LogP contribution < -0.4 is 0 Å². The Kier molecular flexibility index (Phi) is 8.14. The Balaban J connectivity index is 1.37. The Morgan fingerprint density at radius 2 is 0.805 bits per heavy atom. The first-order valence-corrected chi connectivity index (χ1v) is 16.6.